The van der Waals surface area contributed by atoms with E-state index in [0.717, 1.165) is 0 Å². The summed E-state index contributed by atoms with van der Waals surface area (Å²) in [6, 6.07) is 16.9. The van der Waals surface area contributed by atoms with Gasteiger partial charge in [0.1, 0.15) is 18.2 Å². The largest absolute Gasteiger partial charge is 0.493 e. The molecule has 0 radical (unpaired) electrons. The fourth-order valence-electron chi connectivity index (χ4n) is 2.82. The normalized spacial score (nSPS) is 11.0. The molecule has 0 heterocycles. The molecule has 1 N–H and O–H groups in total. The molecule has 0 aliphatic heterocycles. The van der Waals surface area contributed by atoms with Crippen LogP contribution in [0.4, 0.5) is 5.69 Å². The molecule has 3 aromatic rings. The molecule has 0 aliphatic rings. The van der Waals surface area contributed by atoms with Crippen molar-refractivity contribution in [3.05, 3.63) is 91.4 Å². The number of methoxy groups -OCH3 is 1. The van der Waals surface area contributed by atoms with Crippen LogP contribution < -0.4 is 14.8 Å². The molecule has 0 aromatic heterocycles. The Bertz CT molecular complexity index is 1250. The van der Waals surface area contributed by atoms with Crippen LogP contribution >= 0.6 is 46.4 Å². The van der Waals surface area contributed by atoms with Gasteiger partial charge in [0.05, 0.1) is 22.8 Å². The van der Waals surface area contributed by atoms with Gasteiger partial charge in [0.2, 0.25) is 0 Å². The number of carbonyl (C=O) groups is 1. The summed E-state index contributed by atoms with van der Waals surface area (Å²) in [6.07, 6.45) is 1.42. The second kappa shape index (κ2) is 11.3. The van der Waals surface area contributed by atoms with Gasteiger partial charge in [-0.25, -0.2) is 0 Å². The molecule has 168 valence electrons. The number of halogens is 4. The van der Waals surface area contributed by atoms with Gasteiger partial charge in [-0.2, -0.15) is 5.26 Å². The van der Waals surface area contributed by atoms with Crippen LogP contribution in [-0.2, 0) is 11.4 Å². The highest BCUT2D eigenvalue weighted by molar-refractivity contribution is 6.44. The molecule has 9 heteroatoms. The number of nitriles is 1. The number of hydrogen-bond acceptors (Lipinski definition) is 4. The van der Waals surface area contributed by atoms with Crippen LogP contribution in [0.3, 0.4) is 0 Å². The fourth-order valence-corrected chi connectivity index (χ4v) is 3.67. The lowest BCUT2D eigenvalue weighted by Gasteiger charge is -2.13. The van der Waals surface area contributed by atoms with Crippen LogP contribution in [-0.4, -0.2) is 13.0 Å². The number of nitrogens with zero attached hydrogens (tertiary/aromatic N) is 1. The van der Waals surface area contributed by atoms with Gasteiger partial charge in [0.25, 0.3) is 5.91 Å². The number of benzene rings is 3. The molecular formula is C24H16Cl4N2O3. The molecule has 0 bridgehead atoms. The minimum Gasteiger partial charge on any atom is -0.493 e. The topological polar surface area (TPSA) is 71.3 Å². The molecule has 0 saturated carbocycles. The maximum atomic E-state index is 12.6. The van der Waals surface area contributed by atoms with E-state index in [1.54, 1.807) is 54.6 Å². The van der Waals surface area contributed by atoms with Gasteiger partial charge < -0.3 is 14.8 Å². The molecule has 0 atom stereocenters. The van der Waals surface area contributed by atoms with Crippen LogP contribution in [0.2, 0.25) is 20.1 Å². The molecule has 3 rings (SSSR count). The van der Waals surface area contributed by atoms with E-state index in [2.05, 4.69) is 5.32 Å². The summed E-state index contributed by atoms with van der Waals surface area (Å²) in [7, 11) is 1.48. The van der Waals surface area contributed by atoms with Crippen molar-refractivity contribution in [1.82, 2.24) is 0 Å². The summed E-state index contributed by atoms with van der Waals surface area (Å²) in [5.41, 5.74) is 1.37. The van der Waals surface area contributed by atoms with Gasteiger partial charge in [-0.1, -0.05) is 64.6 Å². The third kappa shape index (κ3) is 6.13. The minimum atomic E-state index is -0.630. The maximum absolute atomic E-state index is 12.6. The predicted octanol–water partition coefficient (Wildman–Crippen LogP) is 7.43. The van der Waals surface area contributed by atoms with E-state index < -0.39 is 5.91 Å². The second-order valence-corrected chi connectivity index (χ2v) is 8.22. The highest BCUT2D eigenvalue weighted by atomic mass is 35.5. The van der Waals surface area contributed by atoms with Crippen LogP contribution in [0.1, 0.15) is 11.1 Å². The van der Waals surface area contributed by atoms with Gasteiger partial charge in [0, 0.05) is 15.6 Å². The zero-order chi connectivity index (χ0) is 24.0. The number of rotatable bonds is 7. The van der Waals surface area contributed by atoms with Crippen molar-refractivity contribution in [2.24, 2.45) is 0 Å². The van der Waals surface area contributed by atoms with E-state index in [1.165, 1.54) is 13.2 Å². The Balaban J connectivity index is 1.80. The zero-order valence-electron chi connectivity index (χ0n) is 17.2. The first kappa shape index (κ1) is 24.8. The van der Waals surface area contributed by atoms with Crippen molar-refractivity contribution in [2.75, 3.05) is 12.4 Å². The third-order valence-electron chi connectivity index (χ3n) is 4.50. The van der Waals surface area contributed by atoms with Crippen LogP contribution in [0.15, 0.2) is 60.2 Å². The van der Waals surface area contributed by atoms with Crippen LogP contribution in [0, 0.1) is 11.3 Å². The van der Waals surface area contributed by atoms with Gasteiger partial charge >= 0.3 is 0 Å². The molecule has 1 amide bonds. The van der Waals surface area contributed by atoms with Crippen LogP contribution in [0.25, 0.3) is 6.08 Å². The maximum Gasteiger partial charge on any atom is 0.266 e. The lowest BCUT2D eigenvalue weighted by Crippen LogP contribution is -2.13. The average Bonchev–Trinajstić information content (AvgIpc) is 2.80. The standard InChI is InChI=1S/C24H16Cl4N2O3/c1-32-22-11-14(8-9-21(22)33-13-16-17(25)4-2-5-18(16)26)10-15(12-29)24(31)30-20-7-3-6-19(27)23(20)28/h2-11H,13H2,1H3,(H,30,31)/b15-10+. The Labute approximate surface area is 211 Å². The highest BCUT2D eigenvalue weighted by Gasteiger charge is 2.14. The van der Waals surface area contributed by atoms with Gasteiger partial charge in [-0.3, -0.25) is 4.79 Å². The summed E-state index contributed by atoms with van der Waals surface area (Å²) in [6.45, 7) is 0.135. The van der Waals surface area contributed by atoms with Crippen molar-refractivity contribution in [1.29, 1.82) is 5.26 Å². The monoisotopic (exact) mass is 520 g/mol. The number of nitrogens with one attached hydrogen (secondary N) is 1. The first-order valence-corrected chi connectivity index (χ1v) is 11.0. The van der Waals surface area contributed by atoms with E-state index in [9.17, 15) is 10.1 Å². The number of carbonyl (C=O) groups excluding carboxylic acids is 1. The van der Waals surface area contributed by atoms with Crippen molar-refractivity contribution in [2.45, 2.75) is 6.61 Å². The lowest BCUT2D eigenvalue weighted by molar-refractivity contribution is -0.112. The Kier molecular flexibility index (Phi) is 8.49. The van der Waals surface area contributed by atoms with Crippen molar-refractivity contribution in [3.63, 3.8) is 0 Å². The smallest absolute Gasteiger partial charge is 0.266 e. The van der Waals surface area contributed by atoms with Crippen molar-refractivity contribution >= 4 is 64.1 Å². The summed E-state index contributed by atoms with van der Waals surface area (Å²) in [5, 5.41) is 13.5. The Hall–Kier alpha value is -2.88. The van der Waals surface area contributed by atoms with Gasteiger partial charge in [0.15, 0.2) is 11.5 Å². The molecule has 0 aliphatic carbocycles. The number of anilines is 1. The molecule has 0 unspecified atom stereocenters. The Morgan fingerprint density at radius 3 is 2.33 bits per heavy atom. The average molecular weight is 522 g/mol. The van der Waals surface area contributed by atoms with Gasteiger partial charge in [-0.05, 0) is 48.0 Å². The molecule has 5 nitrogen and oxygen atoms in total. The quantitative estimate of drug-likeness (QED) is 0.259. The van der Waals surface area contributed by atoms with Crippen LogP contribution in [0.5, 0.6) is 11.5 Å². The zero-order valence-corrected chi connectivity index (χ0v) is 20.2. The molecule has 33 heavy (non-hydrogen) atoms. The van der Waals surface area contributed by atoms with E-state index in [0.29, 0.717) is 38.4 Å². The molecule has 3 aromatic carbocycles. The minimum absolute atomic E-state index is 0.135. The predicted molar refractivity (Wildman–Crippen MR) is 132 cm³/mol. The first-order chi connectivity index (χ1) is 15.8. The highest BCUT2D eigenvalue weighted by Crippen LogP contribution is 2.33. The van der Waals surface area contributed by atoms with Crippen molar-refractivity contribution < 1.29 is 14.3 Å². The van der Waals surface area contributed by atoms with Crippen molar-refractivity contribution in [3.8, 4) is 17.6 Å². The first-order valence-electron chi connectivity index (χ1n) is 9.45. The fraction of sp³-hybridized carbons (Fsp3) is 0.0833. The lowest BCUT2D eigenvalue weighted by atomic mass is 10.1. The Morgan fingerprint density at radius 1 is 1.00 bits per heavy atom. The Morgan fingerprint density at radius 2 is 1.67 bits per heavy atom. The van der Waals surface area contributed by atoms with Gasteiger partial charge in [-0.15, -0.1) is 0 Å². The van der Waals surface area contributed by atoms with E-state index >= 15 is 0 Å². The summed E-state index contributed by atoms with van der Waals surface area (Å²) < 4.78 is 11.2. The number of amides is 1. The number of ether oxygens (including phenoxy) is 2. The SMILES string of the molecule is COc1cc(/C=C(\C#N)C(=O)Nc2cccc(Cl)c2Cl)ccc1OCc1c(Cl)cccc1Cl. The second-order valence-electron chi connectivity index (χ2n) is 6.62. The summed E-state index contributed by atoms with van der Waals surface area (Å²) in [5.74, 6) is 0.219. The molecule has 0 spiro atoms. The molecular weight excluding hydrogens is 506 g/mol. The molecule has 0 fully saturated rings. The third-order valence-corrected chi connectivity index (χ3v) is 6.02. The van der Waals surface area contributed by atoms with E-state index in [4.69, 9.17) is 55.9 Å². The molecule has 0 saturated heterocycles. The van der Waals surface area contributed by atoms with E-state index in [1.807, 2.05) is 6.07 Å². The van der Waals surface area contributed by atoms with E-state index in [-0.39, 0.29) is 22.2 Å². The summed E-state index contributed by atoms with van der Waals surface area (Å²) >= 11 is 24.4. The number of hydrogen-bond donors (Lipinski definition) is 1. The summed E-state index contributed by atoms with van der Waals surface area (Å²) in [4.78, 5) is 12.6.